The molecule has 0 bridgehead atoms. The van der Waals surface area contributed by atoms with Crippen LogP contribution in [0.25, 0.3) is 22.4 Å². The third-order valence-electron chi connectivity index (χ3n) is 5.32. The average molecular weight is 442 g/mol. The maximum absolute atomic E-state index is 13.5. The Morgan fingerprint density at radius 1 is 1.00 bits per heavy atom. The van der Waals surface area contributed by atoms with Crippen LogP contribution in [-0.2, 0) is 17.9 Å². The number of para-hydroxylation sites is 1. The molecule has 1 aromatic carbocycles. The number of hydrogen-bond acceptors (Lipinski definition) is 5. The average Bonchev–Trinajstić information content (AvgIpc) is 3.56. The van der Waals surface area contributed by atoms with Gasteiger partial charge in [-0.15, -0.1) is 0 Å². The van der Waals surface area contributed by atoms with Gasteiger partial charge in [0, 0.05) is 12.4 Å². The summed E-state index contributed by atoms with van der Waals surface area (Å²) in [4.78, 5) is 26.0. The van der Waals surface area contributed by atoms with Gasteiger partial charge in [0.2, 0.25) is 5.91 Å². The van der Waals surface area contributed by atoms with E-state index >= 15 is 0 Å². The summed E-state index contributed by atoms with van der Waals surface area (Å²) < 4.78 is 10.2. The maximum atomic E-state index is 13.5. The molecule has 0 aliphatic rings. The molecular formula is C24H22N6O3. The standard InChI is InChI=1S/C24H22N6O3/c1-16-10-11-19(33-16)14-25-20(31)15-29-24(32)21-22(17(2)26-29)27-30(18-8-4-3-5-9-18)23(21)28-12-6-7-13-28/h3-13H,14-15H2,1-2H3,(H,25,31). The van der Waals surface area contributed by atoms with E-state index in [-0.39, 0.29) is 24.6 Å². The lowest BCUT2D eigenvalue weighted by Crippen LogP contribution is -2.34. The zero-order valence-corrected chi connectivity index (χ0v) is 18.2. The first kappa shape index (κ1) is 20.5. The second-order valence-electron chi connectivity index (χ2n) is 7.72. The predicted octanol–water partition coefficient (Wildman–Crippen LogP) is 2.90. The Bertz CT molecular complexity index is 1490. The molecule has 0 aliphatic heterocycles. The fraction of sp³-hybridized carbons (Fsp3) is 0.167. The van der Waals surface area contributed by atoms with Crippen LogP contribution >= 0.6 is 0 Å². The van der Waals surface area contributed by atoms with Crippen LogP contribution in [0, 0.1) is 13.8 Å². The van der Waals surface area contributed by atoms with Crippen LogP contribution in [-0.4, -0.2) is 30.0 Å². The maximum Gasteiger partial charge on any atom is 0.280 e. The Labute approximate surface area is 188 Å². The van der Waals surface area contributed by atoms with Crippen LogP contribution < -0.4 is 10.9 Å². The molecule has 1 N–H and O–H groups in total. The first-order valence-corrected chi connectivity index (χ1v) is 10.5. The van der Waals surface area contributed by atoms with E-state index in [9.17, 15) is 9.59 Å². The molecule has 166 valence electrons. The van der Waals surface area contributed by atoms with E-state index in [1.807, 2.05) is 72.4 Å². The molecule has 0 spiro atoms. The summed E-state index contributed by atoms with van der Waals surface area (Å²) in [5.74, 6) is 1.67. The lowest BCUT2D eigenvalue weighted by Gasteiger charge is -2.09. The third kappa shape index (κ3) is 3.84. The first-order chi connectivity index (χ1) is 16.0. The number of hydrogen-bond donors (Lipinski definition) is 1. The Hall–Kier alpha value is -4.40. The molecule has 0 radical (unpaired) electrons. The molecule has 4 aromatic heterocycles. The summed E-state index contributed by atoms with van der Waals surface area (Å²) in [5.41, 5.74) is 1.48. The van der Waals surface area contributed by atoms with Crippen LogP contribution in [0.15, 0.2) is 76.2 Å². The molecule has 5 rings (SSSR count). The number of carbonyl (C=O) groups is 1. The van der Waals surface area contributed by atoms with Crippen molar-refractivity contribution in [1.82, 2.24) is 29.4 Å². The molecule has 5 aromatic rings. The molecule has 1 amide bonds. The Kier molecular flexibility index (Phi) is 5.14. The van der Waals surface area contributed by atoms with Gasteiger partial charge in [0.1, 0.15) is 29.0 Å². The lowest BCUT2D eigenvalue weighted by molar-refractivity contribution is -0.122. The molecule has 0 saturated carbocycles. The molecule has 0 fully saturated rings. The van der Waals surface area contributed by atoms with Gasteiger partial charge >= 0.3 is 0 Å². The summed E-state index contributed by atoms with van der Waals surface area (Å²) in [6.07, 6.45) is 3.71. The quantitative estimate of drug-likeness (QED) is 0.436. The van der Waals surface area contributed by atoms with Crippen molar-refractivity contribution in [1.29, 1.82) is 0 Å². The van der Waals surface area contributed by atoms with Crippen LogP contribution in [0.2, 0.25) is 0 Å². The van der Waals surface area contributed by atoms with Gasteiger partial charge in [-0.3, -0.25) is 9.59 Å². The second kappa shape index (κ2) is 8.27. The number of nitrogens with one attached hydrogen (secondary N) is 1. The van der Waals surface area contributed by atoms with Crippen molar-refractivity contribution in [3.05, 3.63) is 94.6 Å². The molecule has 9 heteroatoms. The fourth-order valence-corrected chi connectivity index (χ4v) is 3.79. The molecule has 33 heavy (non-hydrogen) atoms. The van der Waals surface area contributed by atoms with Gasteiger partial charge in [0.15, 0.2) is 5.82 Å². The van der Waals surface area contributed by atoms with Gasteiger partial charge in [-0.05, 0) is 50.2 Å². The van der Waals surface area contributed by atoms with E-state index in [1.54, 1.807) is 17.7 Å². The molecular weight excluding hydrogens is 420 g/mol. The number of amides is 1. The van der Waals surface area contributed by atoms with Crippen molar-refractivity contribution in [3.8, 4) is 11.5 Å². The second-order valence-corrected chi connectivity index (χ2v) is 7.72. The summed E-state index contributed by atoms with van der Waals surface area (Å²) in [5, 5.41) is 12.2. The highest BCUT2D eigenvalue weighted by molar-refractivity contribution is 5.88. The summed E-state index contributed by atoms with van der Waals surface area (Å²) >= 11 is 0. The number of rotatable bonds is 6. The molecule has 0 aliphatic carbocycles. The Morgan fingerprint density at radius 2 is 1.76 bits per heavy atom. The van der Waals surface area contributed by atoms with E-state index in [0.29, 0.717) is 28.2 Å². The largest absolute Gasteiger partial charge is 0.465 e. The minimum atomic E-state index is -0.384. The number of aromatic nitrogens is 5. The fourth-order valence-electron chi connectivity index (χ4n) is 3.79. The Morgan fingerprint density at radius 3 is 2.45 bits per heavy atom. The van der Waals surface area contributed by atoms with Gasteiger partial charge in [-0.1, -0.05) is 18.2 Å². The van der Waals surface area contributed by atoms with Gasteiger partial charge in [-0.25, -0.2) is 9.36 Å². The van der Waals surface area contributed by atoms with Crippen LogP contribution in [0.5, 0.6) is 0 Å². The number of carbonyl (C=O) groups excluding carboxylic acids is 1. The first-order valence-electron chi connectivity index (χ1n) is 10.5. The Balaban J connectivity index is 1.57. The summed E-state index contributed by atoms with van der Waals surface area (Å²) in [6.45, 7) is 3.65. The highest BCUT2D eigenvalue weighted by Gasteiger charge is 2.22. The van der Waals surface area contributed by atoms with Crippen LogP contribution in [0.4, 0.5) is 0 Å². The molecule has 0 saturated heterocycles. The zero-order valence-electron chi connectivity index (χ0n) is 18.2. The van der Waals surface area contributed by atoms with E-state index in [2.05, 4.69) is 10.4 Å². The predicted molar refractivity (Wildman–Crippen MR) is 122 cm³/mol. The van der Waals surface area contributed by atoms with Gasteiger partial charge in [0.25, 0.3) is 5.56 Å². The molecule has 4 heterocycles. The smallest absolute Gasteiger partial charge is 0.280 e. The van der Waals surface area contributed by atoms with Crippen molar-refractivity contribution in [2.75, 3.05) is 0 Å². The van der Waals surface area contributed by atoms with Crippen molar-refractivity contribution in [3.63, 3.8) is 0 Å². The minimum absolute atomic E-state index is 0.211. The topological polar surface area (TPSA) is 99.9 Å². The molecule has 0 unspecified atom stereocenters. The normalized spacial score (nSPS) is 11.2. The van der Waals surface area contributed by atoms with Gasteiger partial charge in [-0.2, -0.15) is 10.2 Å². The third-order valence-corrected chi connectivity index (χ3v) is 5.32. The number of fused-ring (bicyclic) bond motifs is 1. The highest BCUT2D eigenvalue weighted by atomic mass is 16.3. The van der Waals surface area contributed by atoms with Crippen molar-refractivity contribution in [2.24, 2.45) is 0 Å². The SMILES string of the molecule is Cc1ccc(CNC(=O)Cn2nc(C)c3nn(-c4ccccc4)c(-n4cccc4)c3c2=O)o1. The monoisotopic (exact) mass is 442 g/mol. The number of aryl methyl sites for hydroxylation is 2. The van der Waals surface area contributed by atoms with Crippen LogP contribution in [0.1, 0.15) is 17.2 Å². The van der Waals surface area contributed by atoms with E-state index in [1.165, 1.54) is 4.68 Å². The van der Waals surface area contributed by atoms with Crippen molar-refractivity contribution < 1.29 is 9.21 Å². The summed E-state index contributed by atoms with van der Waals surface area (Å²) in [7, 11) is 0. The number of benzene rings is 1. The minimum Gasteiger partial charge on any atom is -0.465 e. The van der Waals surface area contributed by atoms with Crippen molar-refractivity contribution in [2.45, 2.75) is 26.9 Å². The van der Waals surface area contributed by atoms with E-state index in [0.717, 1.165) is 11.4 Å². The summed E-state index contributed by atoms with van der Waals surface area (Å²) in [6, 6.07) is 17.0. The number of furan rings is 1. The molecule has 0 atom stereocenters. The van der Waals surface area contributed by atoms with Crippen LogP contribution in [0.3, 0.4) is 0 Å². The van der Waals surface area contributed by atoms with Crippen molar-refractivity contribution >= 4 is 16.8 Å². The highest BCUT2D eigenvalue weighted by Crippen LogP contribution is 2.24. The van der Waals surface area contributed by atoms with Gasteiger partial charge in [0.05, 0.1) is 17.9 Å². The number of nitrogens with zero attached hydrogens (tertiary/aromatic N) is 5. The van der Waals surface area contributed by atoms with E-state index < -0.39 is 0 Å². The van der Waals surface area contributed by atoms with Gasteiger partial charge < -0.3 is 14.3 Å². The van der Waals surface area contributed by atoms with E-state index in [4.69, 9.17) is 9.52 Å². The molecule has 9 nitrogen and oxygen atoms in total. The zero-order chi connectivity index (χ0) is 22.9. The lowest BCUT2D eigenvalue weighted by atomic mass is 10.2.